The lowest BCUT2D eigenvalue weighted by atomic mass is 10.0. The Bertz CT molecular complexity index is 705. The topological polar surface area (TPSA) is 77.0 Å². The van der Waals surface area contributed by atoms with E-state index in [-0.39, 0.29) is 5.56 Å². The molecule has 0 spiro atoms. The zero-order chi connectivity index (χ0) is 14.3. The van der Waals surface area contributed by atoms with Crippen LogP contribution in [0.4, 0.5) is 5.13 Å². The van der Waals surface area contributed by atoms with Gasteiger partial charge in [-0.05, 0) is 25.6 Å². The Morgan fingerprint density at radius 1 is 1.45 bits per heavy atom. The summed E-state index contributed by atoms with van der Waals surface area (Å²) >= 11 is 1.25. The molecule has 3 rings (SSSR count). The zero-order valence-corrected chi connectivity index (χ0v) is 12.4. The van der Waals surface area contributed by atoms with Crippen LogP contribution in [0.25, 0.3) is 10.6 Å². The summed E-state index contributed by atoms with van der Waals surface area (Å²) < 4.78 is 1.86. The summed E-state index contributed by atoms with van der Waals surface area (Å²) in [5.74, 6) is 0. The highest BCUT2D eigenvalue weighted by molar-refractivity contribution is 7.18. The third-order valence-corrected chi connectivity index (χ3v) is 4.43. The molecule has 0 saturated carbocycles. The SMILES string of the molecule is CCn1c2c(cc(-c3nnc(N)s3)c1=O)CN(C)CC2. The van der Waals surface area contributed by atoms with Gasteiger partial charge in [0.2, 0.25) is 5.13 Å². The van der Waals surface area contributed by atoms with Crippen molar-refractivity contribution < 1.29 is 0 Å². The van der Waals surface area contributed by atoms with Gasteiger partial charge in [0.25, 0.3) is 5.56 Å². The molecule has 106 valence electrons. The second-order valence-electron chi connectivity index (χ2n) is 5.01. The zero-order valence-electron chi connectivity index (χ0n) is 11.6. The summed E-state index contributed by atoms with van der Waals surface area (Å²) in [7, 11) is 2.09. The summed E-state index contributed by atoms with van der Waals surface area (Å²) in [6, 6.07) is 1.96. The predicted molar refractivity (Wildman–Crippen MR) is 79.7 cm³/mol. The van der Waals surface area contributed by atoms with Gasteiger partial charge in [-0.2, -0.15) is 0 Å². The van der Waals surface area contributed by atoms with E-state index in [2.05, 4.69) is 22.1 Å². The quantitative estimate of drug-likeness (QED) is 0.891. The fourth-order valence-corrected chi connectivity index (χ4v) is 3.31. The average molecular weight is 291 g/mol. The van der Waals surface area contributed by atoms with E-state index in [4.69, 9.17) is 5.73 Å². The molecule has 0 aliphatic carbocycles. The molecule has 7 heteroatoms. The smallest absolute Gasteiger partial charge is 0.261 e. The van der Waals surface area contributed by atoms with E-state index < -0.39 is 0 Å². The number of fused-ring (bicyclic) bond motifs is 1. The first-order valence-corrected chi connectivity index (χ1v) is 7.45. The molecule has 2 N–H and O–H groups in total. The number of anilines is 1. The summed E-state index contributed by atoms with van der Waals surface area (Å²) in [4.78, 5) is 14.9. The second-order valence-corrected chi connectivity index (χ2v) is 6.02. The van der Waals surface area contributed by atoms with Crippen LogP contribution in [0, 0.1) is 0 Å². The largest absolute Gasteiger partial charge is 0.374 e. The van der Waals surface area contributed by atoms with Crippen molar-refractivity contribution in [1.82, 2.24) is 19.7 Å². The minimum Gasteiger partial charge on any atom is -0.374 e. The number of nitrogens with zero attached hydrogens (tertiary/aromatic N) is 4. The van der Waals surface area contributed by atoms with E-state index in [9.17, 15) is 4.79 Å². The number of hydrogen-bond acceptors (Lipinski definition) is 6. The summed E-state index contributed by atoms with van der Waals surface area (Å²) in [5, 5.41) is 8.80. The minimum atomic E-state index is 0.00644. The van der Waals surface area contributed by atoms with Crippen molar-refractivity contribution in [1.29, 1.82) is 0 Å². The number of nitrogens with two attached hydrogens (primary N) is 1. The lowest BCUT2D eigenvalue weighted by Gasteiger charge is -2.27. The number of aromatic nitrogens is 3. The van der Waals surface area contributed by atoms with E-state index in [0.29, 0.717) is 22.2 Å². The van der Waals surface area contributed by atoms with Gasteiger partial charge in [-0.15, -0.1) is 10.2 Å². The van der Waals surface area contributed by atoms with Crippen LogP contribution in [-0.4, -0.2) is 33.3 Å². The molecule has 0 saturated heterocycles. The number of pyridine rings is 1. The molecule has 1 aliphatic heterocycles. The van der Waals surface area contributed by atoms with Gasteiger partial charge < -0.3 is 15.2 Å². The molecule has 0 unspecified atom stereocenters. The van der Waals surface area contributed by atoms with E-state index in [1.165, 1.54) is 16.9 Å². The Balaban J connectivity index is 2.21. The monoisotopic (exact) mass is 291 g/mol. The van der Waals surface area contributed by atoms with Gasteiger partial charge in [-0.25, -0.2) is 0 Å². The highest BCUT2D eigenvalue weighted by atomic mass is 32.1. The predicted octanol–water partition coefficient (Wildman–Crippen LogP) is 0.957. The van der Waals surface area contributed by atoms with E-state index in [1.807, 2.05) is 17.6 Å². The average Bonchev–Trinajstić information content (AvgIpc) is 2.85. The minimum absolute atomic E-state index is 0.00644. The Kier molecular flexibility index (Phi) is 3.31. The van der Waals surface area contributed by atoms with Crippen LogP contribution < -0.4 is 11.3 Å². The van der Waals surface area contributed by atoms with Crippen molar-refractivity contribution >= 4 is 16.5 Å². The molecular formula is C13H17N5OS. The second kappa shape index (κ2) is 4.99. The Morgan fingerprint density at radius 3 is 2.90 bits per heavy atom. The van der Waals surface area contributed by atoms with Gasteiger partial charge >= 0.3 is 0 Å². The summed E-state index contributed by atoms with van der Waals surface area (Å²) in [6.45, 7) is 4.51. The highest BCUT2D eigenvalue weighted by Gasteiger charge is 2.21. The van der Waals surface area contributed by atoms with Crippen molar-refractivity contribution in [3.63, 3.8) is 0 Å². The van der Waals surface area contributed by atoms with Crippen LogP contribution in [0.15, 0.2) is 10.9 Å². The van der Waals surface area contributed by atoms with Crippen molar-refractivity contribution in [2.45, 2.75) is 26.4 Å². The maximum absolute atomic E-state index is 12.6. The van der Waals surface area contributed by atoms with Crippen molar-refractivity contribution in [3.05, 3.63) is 27.7 Å². The fraction of sp³-hybridized carbons (Fsp3) is 0.462. The molecule has 0 atom stereocenters. The maximum Gasteiger partial charge on any atom is 0.261 e. The first kappa shape index (κ1) is 13.3. The van der Waals surface area contributed by atoms with Crippen molar-refractivity contribution in [2.24, 2.45) is 0 Å². The van der Waals surface area contributed by atoms with E-state index >= 15 is 0 Å². The molecule has 0 aromatic carbocycles. The van der Waals surface area contributed by atoms with Gasteiger partial charge in [0.1, 0.15) is 0 Å². The van der Waals surface area contributed by atoms with Crippen molar-refractivity contribution in [3.8, 4) is 10.6 Å². The lowest BCUT2D eigenvalue weighted by Crippen LogP contribution is -2.34. The van der Waals surface area contributed by atoms with E-state index in [0.717, 1.165) is 25.2 Å². The normalized spacial score (nSPS) is 15.3. The number of nitrogen functional groups attached to an aromatic ring is 1. The van der Waals surface area contributed by atoms with E-state index in [1.54, 1.807) is 0 Å². The van der Waals surface area contributed by atoms with Gasteiger partial charge in [0.15, 0.2) is 5.01 Å². The molecule has 2 aromatic heterocycles. The number of likely N-dealkylation sites (N-methyl/N-ethyl adjacent to an activating group) is 1. The van der Waals surface area contributed by atoms with Crippen LogP contribution in [-0.2, 0) is 19.5 Å². The van der Waals surface area contributed by atoms with Crippen LogP contribution in [0.5, 0.6) is 0 Å². The molecule has 20 heavy (non-hydrogen) atoms. The van der Waals surface area contributed by atoms with Gasteiger partial charge in [0, 0.05) is 31.7 Å². The lowest BCUT2D eigenvalue weighted by molar-refractivity contribution is 0.304. The highest BCUT2D eigenvalue weighted by Crippen LogP contribution is 2.26. The molecule has 0 radical (unpaired) electrons. The molecule has 0 bridgehead atoms. The first-order chi connectivity index (χ1) is 9.60. The molecule has 0 amide bonds. The Hall–Kier alpha value is -1.73. The van der Waals surface area contributed by atoms with Crippen LogP contribution in [0.2, 0.25) is 0 Å². The third-order valence-electron chi connectivity index (χ3n) is 3.65. The molecule has 1 aliphatic rings. The summed E-state index contributed by atoms with van der Waals surface area (Å²) in [5.41, 5.74) is 8.59. The molecular weight excluding hydrogens is 274 g/mol. The van der Waals surface area contributed by atoms with Gasteiger partial charge in [-0.3, -0.25) is 4.79 Å². The first-order valence-electron chi connectivity index (χ1n) is 6.63. The molecule has 6 nitrogen and oxygen atoms in total. The maximum atomic E-state index is 12.6. The number of hydrogen-bond donors (Lipinski definition) is 1. The van der Waals surface area contributed by atoms with Gasteiger partial charge in [-0.1, -0.05) is 11.3 Å². The standard InChI is InChI=1S/C13H17N5OS/c1-3-18-10-4-5-17(2)7-8(10)6-9(12(18)19)11-15-16-13(14)20-11/h6H,3-5,7H2,1-2H3,(H2,14,16). The Morgan fingerprint density at radius 2 is 2.25 bits per heavy atom. The number of rotatable bonds is 2. The molecule has 3 heterocycles. The fourth-order valence-electron chi connectivity index (χ4n) is 2.69. The van der Waals surface area contributed by atoms with Crippen LogP contribution >= 0.6 is 11.3 Å². The molecule has 0 fully saturated rings. The summed E-state index contributed by atoms with van der Waals surface area (Å²) in [6.07, 6.45) is 0.910. The van der Waals surface area contributed by atoms with Crippen LogP contribution in [0.3, 0.4) is 0 Å². The molecule has 2 aromatic rings. The third kappa shape index (κ3) is 2.12. The van der Waals surface area contributed by atoms with Crippen LogP contribution in [0.1, 0.15) is 18.2 Å². The van der Waals surface area contributed by atoms with Crippen molar-refractivity contribution in [2.75, 3.05) is 19.3 Å². The Labute approximate surface area is 120 Å². The van der Waals surface area contributed by atoms with Gasteiger partial charge in [0.05, 0.1) is 5.56 Å².